The average molecular weight is 242 g/mol. The predicted molar refractivity (Wildman–Crippen MR) is 73.3 cm³/mol. The molecule has 0 amide bonds. The second-order valence-corrected chi connectivity index (χ2v) is 6.55. The molecule has 2 unspecified atom stereocenters. The summed E-state index contributed by atoms with van der Waals surface area (Å²) in [6.07, 6.45) is 1.21. The molecule has 0 bridgehead atoms. The van der Waals surface area contributed by atoms with E-state index < -0.39 is 0 Å². The number of nitrogens with zero attached hydrogens (tertiary/aromatic N) is 1. The Morgan fingerprint density at radius 1 is 1.41 bits per heavy atom. The summed E-state index contributed by atoms with van der Waals surface area (Å²) in [5.74, 6) is 0.692. The molecule has 102 valence electrons. The number of likely N-dealkylation sites (N-methyl/N-ethyl adjacent to an activating group) is 2. The molecule has 0 radical (unpaired) electrons. The molecule has 1 aliphatic rings. The van der Waals surface area contributed by atoms with Gasteiger partial charge in [0.15, 0.2) is 0 Å². The Morgan fingerprint density at radius 2 is 2.12 bits per heavy atom. The van der Waals surface area contributed by atoms with Crippen molar-refractivity contribution in [2.75, 3.05) is 39.9 Å². The maximum absolute atomic E-state index is 5.51. The third-order valence-electron chi connectivity index (χ3n) is 3.25. The minimum Gasteiger partial charge on any atom is -0.381 e. The largest absolute Gasteiger partial charge is 0.381 e. The molecule has 1 rings (SSSR count). The maximum Gasteiger partial charge on any atom is 0.0510 e. The molecule has 2 atom stereocenters. The molecule has 3 nitrogen and oxygen atoms in total. The van der Waals surface area contributed by atoms with E-state index in [4.69, 9.17) is 4.74 Å². The summed E-state index contributed by atoms with van der Waals surface area (Å²) < 4.78 is 5.51. The van der Waals surface area contributed by atoms with Gasteiger partial charge in [0.05, 0.1) is 6.61 Å². The van der Waals surface area contributed by atoms with E-state index in [1.54, 1.807) is 0 Å². The van der Waals surface area contributed by atoms with Crippen LogP contribution in [0.2, 0.25) is 0 Å². The van der Waals surface area contributed by atoms with Crippen LogP contribution < -0.4 is 5.32 Å². The molecule has 1 fully saturated rings. The standard InChI is InChI=1S/C14H30N2O/c1-6-15-13(12-7-8-17-10-12)9-16(5)11-14(2,3)4/h12-13,15H,6-11H2,1-5H3. The Bertz CT molecular complexity index is 207. The quantitative estimate of drug-likeness (QED) is 0.771. The fraction of sp³-hybridized carbons (Fsp3) is 1.00. The first-order chi connectivity index (χ1) is 7.92. The summed E-state index contributed by atoms with van der Waals surface area (Å²) in [7, 11) is 2.23. The first-order valence-electron chi connectivity index (χ1n) is 6.92. The van der Waals surface area contributed by atoms with Crippen molar-refractivity contribution in [2.45, 2.75) is 40.2 Å². The lowest BCUT2D eigenvalue weighted by atomic mass is 9.94. The normalized spacial score (nSPS) is 23.3. The molecule has 0 spiro atoms. The summed E-state index contributed by atoms with van der Waals surface area (Å²) in [5.41, 5.74) is 0.373. The van der Waals surface area contributed by atoms with Crippen LogP contribution in [0.3, 0.4) is 0 Å². The van der Waals surface area contributed by atoms with E-state index in [9.17, 15) is 0 Å². The second-order valence-electron chi connectivity index (χ2n) is 6.55. The highest BCUT2D eigenvalue weighted by molar-refractivity contribution is 4.82. The molecule has 0 aromatic rings. The highest BCUT2D eigenvalue weighted by Gasteiger charge is 2.26. The number of nitrogens with one attached hydrogen (secondary N) is 1. The molecule has 0 aromatic carbocycles. The molecule has 1 N–H and O–H groups in total. The topological polar surface area (TPSA) is 24.5 Å². The van der Waals surface area contributed by atoms with Gasteiger partial charge in [-0.05, 0) is 25.4 Å². The number of hydrogen-bond acceptors (Lipinski definition) is 3. The van der Waals surface area contributed by atoms with E-state index in [-0.39, 0.29) is 0 Å². The van der Waals surface area contributed by atoms with Gasteiger partial charge >= 0.3 is 0 Å². The fourth-order valence-corrected chi connectivity index (χ4v) is 2.72. The van der Waals surface area contributed by atoms with Crippen molar-refractivity contribution >= 4 is 0 Å². The van der Waals surface area contributed by atoms with E-state index in [1.165, 1.54) is 6.42 Å². The van der Waals surface area contributed by atoms with Gasteiger partial charge in [0.25, 0.3) is 0 Å². The molecule has 0 saturated carbocycles. The van der Waals surface area contributed by atoms with Gasteiger partial charge in [-0.1, -0.05) is 27.7 Å². The zero-order chi connectivity index (χ0) is 12.9. The Hall–Kier alpha value is -0.120. The van der Waals surface area contributed by atoms with Crippen molar-refractivity contribution < 1.29 is 4.74 Å². The Morgan fingerprint density at radius 3 is 2.59 bits per heavy atom. The molecule has 1 saturated heterocycles. The molecule has 3 heteroatoms. The third-order valence-corrected chi connectivity index (χ3v) is 3.25. The van der Waals surface area contributed by atoms with Crippen LogP contribution in [0.25, 0.3) is 0 Å². The number of rotatable bonds is 6. The van der Waals surface area contributed by atoms with Gasteiger partial charge in [0.1, 0.15) is 0 Å². The molecule has 0 aliphatic carbocycles. The van der Waals surface area contributed by atoms with Crippen LogP contribution in [-0.4, -0.2) is 50.8 Å². The minimum absolute atomic E-state index is 0.373. The van der Waals surface area contributed by atoms with Crippen molar-refractivity contribution in [1.29, 1.82) is 0 Å². The third kappa shape index (κ3) is 5.84. The highest BCUT2D eigenvalue weighted by atomic mass is 16.5. The molecule has 1 heterocycles. The summed E-state index contributed by atoms with van der Waals surface area (Å²) in [6.45, 7) is 14.3. The zero-order valence-corrected chi connectivity index (χ0v) is 12.3. The van der Waals surface area contributed by atoms with Crippen molar-refractivity contribution in [3.05, 3.63) is 0 Å². The molecule has 1 aliphatic heterocycles. The van der Waals surface area contributed by atoms with Crippen molar-refractivity contribution in [3.8, 4) is 0 Å². The van der Waals surface area contributed by atoms with E-state index >= 15 is 0 Å². The Balaban J connectivity index is 2.42. The van der Waals surface area contributed by atoms with Crippen LogP contribution >= 0.6 is 0 Å². The first kappa shape index (κ1) is 14.9. The van der Waals surface area contributed by atoms with Crippen LogP contribution in [0.4, 0.5) is 0 Å². The van der Waals surface area contributed by atoms with Gasteiger partial charge in [-0.25, -0.2) is 0 Å². The van der Waals surface area contributed by atoms with Crippen molar-refractivity contribution in [2.24, 2.45) is 11.3 Å². The summed E-state index contributed by atoms with van der Waals surface area (Å²) in [4.78, 5) is 2.45. The van der Waals surface area contributed by atoms with Crippen LogP contribution in [0.1, 0.15) is 34.1 Å². The minimum atomic E-state index is 0.373. The van der Waals surface area contributed by atoms with Crippen LogP contribution in [-0.2, 0) is 4.74 Å². The molecular formula is C14H30N2O. The number of ether oxygens (including phenoxy) is 1. The maximum atomic E-state index is 5.51. The SMILES string of the molecule is CCNC(CN(C)CC(C)(C)C)C1CCOC1. The van der Waals surface area contributed by atoms with Gasteiger partial charge in [-0.3, -0.25) is 0 Å². The average Bonchev–Trinajstić information content (AvgIpc) is 2.66. The van der Waals surface area contributed by atoms with E-state index in [1.807, 2.05) is 0 Å². The van der Waals surface area contributed by atoms with Crippen molar-refractivity contribution in [3.63, 3.8) is 0 Å². The Labute approximate surface area is 107 Å². The predicted octanol–water partition coefficient (Wildman–Crippen LogP) is 1.98. The van der Waals surface area contributed by atoms with Gasteiger partial charge in [0, 0.05) is 31.7 Å². The van der Waals surface area contributed by atoms with E-state index in [0.717, 1.165) is 32.8 Å². The van der Waals surface area contributed by atoms with E-state index in [2.05, 4.69) is 45.0 Å². The lowest BCUT2D eigenvalue weighted by Gasteiger charge is -2.32. The van der Waals surface area contributed by atoms with Crippen LogP contribution in [0.15, 0.2) is 0 Å². The zero-order valence-electron chi connectivity index (χ0n) is 12.3. The summed E-state index contributed by atoms with van der Waals surface area (Å²) in [6, 6.07) is 0.579. The molecular weight excluding hydrogens is 212 g/mol. The highest BCUT2D eigenvalue weighted by Crippen LogP contribution is 2.19. The monoisotopic (exact) mass is 242 g/mol. The van der Waals surface area contributed by atoms with Crippen molar-refractivity contribution in [1.82, 2.24) is 10.2 Å². The molecule has 17 heavy (non-hydrogen) atoms. The number of hydrogen-bond donors (Lipinski definition) is 1. The smallest absolute Gasteiger partial charge is 0.0510 e. The first-order valence-corrected chi connectivity index (χ1v) is 6.92. The van der Waals surface area contributed by atoms with Gasteiger partial charge in [-0.15, -0.1) is 0 Å². The van der Waals surface area contributed by atoms with Crippen LogP contribution in [0, 0.1) is 11.3 Å². The second kappa shape index (κ2) is 6.72. The van der Waals surface area contributed by atoms with Gasteiger partial charge < -0.3 is 15.0 Å². The van der Waals surface area contributed by atoms with Gasteiger partial charge in [0.2, 0.25) is 0 Å². The lowest BCUT2D eigenvalue weighted by molar-refractivity contribution is 0.156. The summed E-state index contributed by atoms with van der Waals surface area (Å²) in [5, 5.41) is 3.62. The lowest BCUT2D eigenvalue weighted by Crippen LogP contribution is -2.46. The van der Waals surface area contributed by atoms with E-state index in [0.29, 0.717) is 17.4 Å². The van der Waals surface area contributed by atoms with Crippen LogP contribution in [0.5, 0.6) is 0 Å². The Kier molecular flexibility index (Phi) is 5.90. The fourth-order valence-electron chi connectivity index (χ4n) is 2.72. The van der Waals surface area contributed by atoms with Gasteiger partial charge in [-0.2, -0.15) is 0 Å². The summed E-state index contributed by atoms with van der Waals surface area (Å²) >= 11 is 0. The molecule has 0 aromatic heterocycles.